The molecule has 8 N–H and O–H groups in total. The Kier molecular flexibility index (Phi) is 6.55. The van der Waals surface area contributed by atoms with E-state index in [1.807, 2.05) is 0 Å². The normalized spacial score (nSPS) is 11.2. The number of amides is 2. The van der Waals surface area contributed by atoms with Gasteiger partial charge in [-0.05, 0) is 18.2 Å². The summed E-state index contributed by atoms with van der Waals surface area (Å²) in [5.74, 6) is -1.12. The lowest BCUT2D eigenvalue weighted by Gasteiger charge is -2.12. The van der Waals surface area contributed by atoms with E-state index in [9.17, 15) is 22.8 Å². The molecule has 0 aliphatic carbocycles. The highest BCUT2D eigenvalue weighted by Crippen LogP contribution is 2.35. The van der Waals surface area contributed by atoms with Crippen molar-refractivity contribution in [2.24, 2.45) is 5.73 Å². The van der Waals surface area contributed by atoms with E-state index in [0.717, 1.165) is 29.8 Å². The number of hydrogen-bond donors (Lipinski definition) is 5. The van der Waals surface area contributed by atoms with Crippen LogP contribution in [-0.2, 0) is 19.3 Å². The molecule has 14 heteroatoms. The number of nitrogens with zero attached hydrogens (tertiary/aromatic N) is 3. The van der Waals surface area contributed by atoms with Crippen LogP contribution in [0.3, 0.4) is 0 Å². The van der Waals surface area contributed by atoms with Gasteiger partial charge in [-0.25, -0.2) is 15.0 Å². The van der Waals surface area contributed by atoms with Gasteiger partial charge in [-0.3, -0.25) is 9.59 Å². The molecule has 168 valence electrons. The van der Waals surface area contributed by atoms with Crippen LogP contribution in [0.15, 0.2) is 30.7 Å². The molecule has 0 aliphatic heterocycles. The van der Waals surface area contributed by atoms with Crippen LogP contribution < -0.4 is 27.8 Å². The van der Waals surface area contributed by atoms with Gasteiger partial charge in [0.25, 0.3) is 11.8 Å². The topological polar surface area (TPSA) is 175 Å². The zero-order valence-electron chi connectivity index (χ0n) is 16.2. The minimum absolute atomic E-state index is 0.0230. The van der Waals surface area contributed by atoms with Gasteiger partial charge in [0.1, 0.15) is 27.7 Å². The van der Waals surface area contributed by atoms with Crippen LogP contribution in [0.5, 0.6) is 0 Å². The maximum absolute atomic E-state index is 13.0. The first-order valence-corrected chi connectivity index (χ1v) is 9.72. The maximum atomic E-state index is 13.0. The highest BCUT2D eigenvalue weighted by molar-refractivity contribution is 7.13. The molecule has 0 aliphatic rings. The van der Waals surface area contributed by atoms with E-state index in [1.54, 1.807) is 0 Å². The number of rotatable bonds is 6. The van der Waals surface area contributed by atoms with Crippen LogP contribution in [0, 0.1) is 0 Å². The lowest BCUT2D eigenvalue weighted by atomic mass is 10.1. The van der Waals surface area contributed by atoms with E-state index in [4.69, 9.17) is 17.2 Å². The summed E-state index contributed by atoms with van der Waals surface area (Å²) in [5, 5.41) is 5.34. The summed E-state index contributed by atoms with van der Waals surface area (Å²) in [6.45, 7) is -0.0526. The Balaban J connectivity index is 1.66. The summed E-state index contributed by atoms with van der Waals surface area (Å²) in [7, 11) is 0. The summed E-state index contributed by atoms with van der Waals surface area (Å²) in [4.78, 5) is 36.5. The summed E-state index contributed by atoms with van der Waals surface area (Å²) in [6, 6.07) is 3.06. The average molecular weight is 466 g/mol. The SMILES string of the molecule is NCc1c(N)ncnc1C(=O)NCc1ncc(C(=O)Nc2ccc(N)c(C(F)(F)F)c2)s1. The van der Waals surface area contributed by atoms with Crippen LogP contribution in [-0.4, -0.2) is 26.8 Å². The summed E-state index contributed by atoms with van der Waals surface area (Å²) in [5.41, 5.74) is 15.4. The van der Waals surface area contributed by atoms with Gasteiger partial charge in [-0.1, -0.05) is 0 Å². The molecular formula is C18H17F3N8O2S. The van der Waals surface area contributed by atoms with E-state index in [2.05, 4.69) is 25.6 Å². The van der Waals surface area contributed by atoms with Crippen LogP contribution in [0.25, 0.3) is 0 Å². The van der Waals surface area contributed by atoms with Gasteiger partial charge in [-0.2, -0.15) is 13.2 Å². The maximum Gasteiger partial charge on any atom is 0.418 e. The van der Waals surface area contributed by atoms with Crippen LogP contribution in [0.1, 0.15) is 36.3 Å². The zero-order valence-corrected chi connectivity index (χ0v) is 17.0. The molecule has 0 unspecified atom stereocenters. The molecule has 3 rings (SSSR count). The zero-order chi connectivity index (χ0) is 23.5. The number of benzene rings is 1. The van der Waals surface area contributed by atoms with Crippen molar-refractivity contribution in [3.63, 3.8) is 0 Å². The van der Waals surface area contributed by atoms with Gasteiger partial charge < -0.3 is 27.8 Å². The molecule has 2 amide bonds. The van der Waals surface area contributed by atoms with E-state index in [1.165, 1.54) is 12.3 Å². The summed E-state index contributed by atoms with van der Waals surface area (Å²) < 4.78 is 38.9. The number of aromatic nitrogens is 3. The van der Waals surface area contributed by atoms with Crippen LogP contribution in [0.4, 0.5) is 30.4 Å². The van der Waals surface area contributed by atoms with Crippen molar-refractivity contribution in [2.45, 2.75) is 19.3 Å². The quantitative estimate of drug-likeness (QED) is 0.341. The molecule has 0 bridgehead atoms. The lowest BCUT2D eigenvalue weighted by molar-refractivity contribution is -0.136. The molecular weight excluding hydrogens is 449 g/mol. The minimum atomic E-state index is -4.65. The van der Waals surface area contributed by atoms with Crippen molar-refractivity contribution in [3.05, 3.63) is 57.4 Å². The molecule has 0 atom stereocenters. The monoisotopic (exact) mass is 466 g/mol. The Hall–Kier alpha value is -3.78. The molecule has 32 heavy (non-hydrogen) atoms. The van der Waals surface area contributed by atoms with Crippen molar-refractivity contribution in [1.82, 2.24) is 20.3 Å². The van der Waals surface area contributed by atoms with E-state index < -0.39 is 29.2 Å². The fourth-order valence-electron chi connectivity index (χ4n) is 2.63. The minimum Gasteiger partial charge on any atom is -0.398 e. The number of nitrogens with two attached hydrogens (primary N) is 3. The molecule has 0 fully saturated rings. The van der Waals surface area contributed by atoms with Crippen LogP contribution >= 0.6 is 11.3 Å². The third-order valence-electron chi connectivity index (χ3n) is 4.19. The highest BCUT2D eigenvalue weighted by atomic mass is 32.1. The molecule has 2 heterocycles. The third kappa shape index (κ3) is 5.09. The molecule has 2 aromatic heterocycles. The van der Waals surface area contributed by atoms with E-state index in [0.29, 0.717) is 10.6 Å². The number of anilines is 3. The largest absolute Gasteiger partial charge is 0.418 e. The Morgan fingerprint density at radius 2 is 1.84 bits per heavy atom. The van der Waals surface area contributed by atoms with Gasteiger partial charge in [0.15, 0.2) is 0 Å². The Labute approximate surface area is 183 Å². The number of hydrogen-bond acceptors (Lipinski definition) is 9. The fraction of sp³-hybridized carbons (Fsp3) is 0.167. The standard InChI is InChI=1S/C18H17F3N8O2S/c19-18(20,21)10-3-8(1-2-11(10)23)29-16(30)12-5-25-13(32-12)6-26-17(31)14-9(4-22)15(24)28-7-27-14/h1-3,5,7H,4,6,22-23H2,(H,26,31)(H,29,30)(H2,24,27,28). The smallest absolute Gasteiger partial charge is 0.398 e. The molecule has 1 aromatic carbocycles. The Morgan fingerprint density at radius 3 is 2.53 bits per heavy atom. The van der Waals surface area contributed by atoms with Gasteiger partial charge in [0, 0.05) is 23.5 Å². The van der Waals surface area contributed by atoms with Crippen molar-refractivity contribution in [2.75, 3.05) is 16.8 Å². The molecule has 0 radical (unpaired) electrons. The predicted octanol–water partition coefficient (Wildman–Crippen LogP) is 1.76. The molecule has 10 nitrogen and oxygen atoms in total. The molecule has 0 spiro atoms. The average Bonchev–Trinajstić information content (AvgIpc) is 3.21. The predicted molar refractivity (Wildman–Crippen MR) is 111 cm³/mol. The van der Waals surface area contributed by atoms with Crippen molar-refractivity contribution in [1.29, 1.82) is 0 Å². The van der Waals surface area contributed by atoms with E-state index >= 15 is 0 Å². The first kappa shape index (κ1) is 22.9. The van der Waals surface area contributed by atoms with Gasteiger partial charge in [-0.15, -0.1) is 11.3 Å². The number of nitrogen functional groups attached to an aromatic ring is 2. The Bertz CT molecular complexity index is 1170. The van der Waals surface area contributed by atoms with Crippen LogP contribution in [0.2, 0.25) is 0 Å². The van der Waals surface area contributed by atoms with Gasteiger partial charge >= 0.3 is 6.18 Å². The summed E-state index contributed by atoms with van der Waals surface area (Å²) >= 11 is 0.956. The molecule has 0 saturated heterocycles. The van der Waals surface area contributed by atoms with E-state index in [-0.39, 0.29) is 35.2 Å². The summed E-state index contributed by atoms with van der Waals surface area (Å²) in [6.07, 6.45) is -2.27. The number of alkyl halides is 3. The fourth-order valence-corrected chi connectivity index (χ4v) is 3.38. The second-order valence-electron chi connectivity index (χ2n) is 6.35. The second-order valence-corrected chi connectivity index (χ2v) is 7.46. The Morgan fingerprint density at radius 1 is 1.09 bits per heavy atom. The number of halogens is 3. The van der Waals surface area contributed by atoms with Crippen molar-refractivity contribution < 1.29 is 22.8 Å². The van der Waals surface area contributed by atoms with Gasteiger partial charge in [0.05, 0.1) is 18.3 Å². The van der Waals surface area contributed by atoms with Crippen molar-refractivity contribution >= 4 is 40.3 Å². The number of carbonyl (C=O) groups excluding carboxylic acids is 2. The first-order chi connectivity index (χ1) is 15.1. The number of carbonyl (C=O) groups is 2. The molecule has 0 saturated carbocycles. The third-order valence-corrected chi connectivity index (χ3v) is 5.19. The van der Waals surface area contributed by atoms with Crippen molar-refractivity contribution in [3.8, 4) is 0 Å². The number of thiazole rings is 1. The number of nitrogens with one attached hydrogen (secondary N) is 2. The highest BCUT2D eigenvalue weighted by Gasteiger charge is 2.33. The second kappa shape index (κ2) is 9.15. The van der Waals surface area contributed by atoms with Gasteiger partial charge in [0.2, 0.25) is 0 Å². The molecule has 3 aromatic rings. The first-order valence-electron chi connectivity index (χ1n) is 8.90. The lowest BCUT2D eigenvalue weighted by Crippen LogP contribution is -2.26.